The largest absolute Gasteiger partial charge is 0.388 e. The summed E-state index contributed by atoms with van der Waals surface area (Å²) in [6.45, 7) is 0.492. The predicted molar refractivity (Wildman–Crippen MR) is 106 cm³/mol. The second kappa shape index (κ2) is 8.51. The predicted octanol–water partition coefficient (Wildman–Crippen LogP) is 1.91. The van der Waals surface area contributed by atoms with Gasteiger partial charge >= 0.3 is 11.8 Å². The molecule has 0 radical (unpaired) electrons. The summed E-state index contributed by atoms with van der Waals surface area (Å²) in [4.78, 5) is 42.5. The van der Waals surface area contributed by atoms with E-state index in [0.29, 0.717) is 6.54 Å². The van der Waals surface area contributed by atoms with Gasteiger partial charge in [0.2, 0.25) is 0 Å². The lowest BCUT2D eigenvalue weighted by Gasteiger charge is -2.35. The van der Waals surface area contributed by atoms with E-state index in [1.165, 1.54) is 18.3 Å². The molecule has 1 aliphatic heterocycles. The summed E-state index contributed by atoms with van der Waals surface area (Å²) in [5.41, 5.74) is 7.28. The Balaban J connectivity index is 1.81. The maximum atomic E-state index is 12.9. The van der Waals surface area contributed by atoms with Crippen LogP contribution in [-0.4, -0.2) is 41.2 Å². The monoisotopic (exact) mass is 381 g/mol. The SMILES string of the molecule is CNc1cccc([C@H]2CCCCN2C(=O)C(=O)Nc2ncccc2C(N)=O)c1. The first-order valence-corrected chi connectivity index (χ1v) is 9.15. The molecule has 8 nitrogen and oxygen atoms in total. The number of likely N-dealkylation sites (tertiary alicyclic amines) is 1. The van der Waals surface area contributed by atoms with Crippen LogP contribution in [-0.2, 0) is 9.59 Å². The van der Waals surface area contributed by atoms with Crippen molar-refractivity contribution < 1.29 is 14.4 Å². The van der Waals surface area contributed by atoms with E-state index in [9.17, 15) is 14.4 Å². The van der Waals surface area contributed by atoms with Gasteiger partial charge in [-0.3, -0.25) is 14.4 Å². The van der Waals surface area contributed by atoms with Crippen molar-refractivity contribution in [1.82, 2.24) is 9.88 Å². The Morgan fingerprint density at radius 3 is 2.75 bits per heavy atom. The first-order valence-electron chi connectivity index (χ1n) is 9.15. The van der Waals surface area contributed by atoms with Crippen LogP contribution in [0.2, 0.25) is 0 Å². The number of hydrogen-bond acceptors (Lipinski definition) is 5. The zero-order chi connectivity index (χ0) is 20.1. The molecule has 0 aliphatic carbocycles. The van der Waals surface area contributed by atoms with Crippen molar-refractivity contribution in [3.05, 3.63) is 53.7 Å². The fraction of sp³-hybridized carbons (Fsp3) is 0.300. The van der Waals surface area contributed by atoms with Crippen molar-refractivity contribution in [1.29, 1.82) is 0 Å². The van der Waals surface area contributed by atoms with Crippen LogP contribution in [0, 0.1) is 0 Å². The van der Waals surface area contributed by atoms with Crippen molar-refractivity contribution in [3.63, 3.8) is 0 Å². The van der Waals surface area contributed by atoms with Gasteiger partial charge in [-0.15, -0.1) is 0 Å². The molecular formula is C20H23N5O3. The molecule has 3 amide bonds. The summed E-state index contributed by atoms with van der Waals surface area (Å²) < 4.78 is 0. The number of piperidine rings is 1. The quantitative estimate of drug-likeness (QED) is 0.700. The van der Waals surface area contributed by atoms with E-state index in [1.54, 1.807) is 4.90 Å². The van der Waals surface area contributed by atoms with E-state index < -0.39 is 17.7 Å². The van der Waals surface area contributed by atoms with Gasteiger partial charge in [0, 0.05) is 25.5 Å². The molecule has 2 aromatic rings. The standard InChI is InChI=1S/C20H23N5O3/c1-22-14-7-4-6-13(12-14)16-9-2-3-11-25(16)20(28)19(27)24-18-15(17(21)26)8-5-10-23-18/h4-8,10,12,16,22H,2-3,9,11H2,1H3,(H2,21,26)(H,23,24,27)/t16-/m1/s1. The summed E-state index contributed by atoms with van der Waals surface area (Å²) in [5, 5.41) is 5.52. The smallest absolute Gasteiger partial charge is 0.315 e. The van der Waals surface area contributed by atoms with Gasteiger partial charge < -0.3 is 21.3 Å². The van der Waals surface area contributed by atoms with Gasteiger partial charge in [0.05, 0.1) is 11.6 Å². The highest BCUT2D eigenvalue weighted by molar-refractivity contribution is 6.39. The van der Waals surface area contributed by atoms with Gasteiger partial charge in [-0.2, -0.15) is 0 Å². The molecule has 28 heavy (non-hydrogen) atoms. The summed E-state index contributed by atoms with van der Waals surface area (Å²) in [5.74, 6) is -2.23. The third-order valence-corrected chi connectivity index (χ3v) is 4.82. The van der Waals surface area contributed by atoms with Gasteiger partial charge in [-0.1, -0.05) is 12.1 Å². The van der Waals surface area contributed by atoms with Crippen LogP contribution in [0.5, 0.6) is 0 Å². The van der Waals surface area contributed by atoms with Crippen LogP contribution in [0.3, 0.4) is 0 Å². The van der Waals surface area contributed by atoms with Crippen LogP contribution in [0.4, 0.5) is 11.5 Å². The molecule has 0 unspecified atom stereocenters. The average molecular weight is 381 g/mol. The number of nitrogens with two attached hydrogens (primary N) is 1. The lowest BCUT2D eigenvalue weighted by atomic mass is 9.94. The molecule has 0 bridgehead atoms. The molecule has 1 aromatic carbocycles. The van der Waals surface area contributed by atoms with Crippen LogP contribution in [0.25, 0.3) is 0 Å². The Labute approximate surface area is 163 Å². The number of nitrogens with zero attached hydrogens (tertiary/aromatic N) is 2. The van der Waals surface area contributed by atoms with Crippen molar-refractivity contribution in [2.24, 2.45) is 5.73 Å². The number of hydrogen-bond donors (Lipinski definition) is 3. The number of pyridine rings is 1. The summed E-state index contributed by atoms with van der Waals surface area (Å²) in [6, 6.07) is 10.6. The Hall–Kier alpha value is -3.42. The van der Waals surface area contributed by atoms with Crippen molar-refractivity contribution >= 4 is 29.2 Å². The number of amides is 3. The topological polar surface area (TPSA) is 117 Å². The Kier molecular flexibility index (Phi) is 5.88. The molecule has 0 saturated carbocycles. The van der Waals surface area contributed by atoms with Gasteiger partial charge in [-0.25, -0.2) is 4.98 Å². The molecule has 8 heteroatoms. The van der Waals surface area contributed by atoms with E-state index in [1.807, 2.05) is 31.3 Å². The zero-order valence-corrected chi connectivity index (χ0v) is 15.6. The first kappa shape index (κ1) is 19.3. The van der Waals surface area contributed by atoms with Gasteiger partial charge in [-0.05, 0) is 49.1 Å². The normalized spacial score (nSPS) is 16.3. The number of nitrogens with one attached hydrogen (secondary N) is 2. The third-order valence-electron chi connectivity index (χ3n) is 4.82. The highest BCUT2D eigenvalue weighted by Gasteiger charge is 2.32. The molecule has 1 fully saturated rings. The summed E-state index contributed by atoms with van der Waals surface area (Å²) >= 11 is 0. The minimum Gasteiger partial charge on any atom is -0.388 e. The van der Waals surface area contributed by atoms with Crippen molar-refractivity contribution in [2.45, 2.75) is 25.3 Å². The first-order chi connectivity index (χ1) is 13.5. The van der Waals surface area contributed by atoms with E-state index in [2.05, 4.69) is 15.6 Å². The Morgan fingerprint density at radius 2 is 2.00 bits per heavy atom. The van der Waals surface area contributed by atoms with Crippen LogP contribution < -0.4 is 16.4 Å². The number of anilines is 2. The molecular weight excluding hydrogens is 358 g/mol. The number of aromatic nitrogens is 1. The minimum absolute atomic E-state index is 0.0147. The number of rotatable bonds is 4. The Bertz CT molecular complexity index is 899. The molecule has 2 heterocycles. The Morgan fingerprint density at radius 1 is 1.18 bits per heavy atom. The number of carbonyl (C=O) groups excluding carboxylic acids is 3. The van der Waals surface area contributed by atoms with Crippen LogP contribution in [0.1, 0.15) is 41.2 Å². The lowest BCUT2D eigenvalue weighted by Crippen LogP contribution is -2.44. The second-order valence-corrected chi connectivity index (χ2v) is 6.60. The fourth-order valence-corrected chi connectivity index (χ4v) is 3.42. The highest BCUT2D eigenvalue weighted by Crippen LogP contribution is 2.32. The molecule has 1 saturated heterocycles. The molecule has 1 atom stereocenters. The second-order valence-electron chi connectivity index (χ2n) is 6.60. The molecule has 0 spiro atoms. The molecule has 3 rings (SSSR count). The minimum atomic E-state index is -0.835. The average Bonchev–Trinajstić information content (AvgIpc) is 2.73. The molecule has 1 aromatic heterocycles. The van der Waals surface area contributed by atoms with E-state index in [-0.39, 0.29) is 17.4 Å². The van der Waals surface area contributed by atoms with E-state index in [0.717, 1.165) is 30.5 Å². The highest BCUT2D eigenvalue weighted by atomic mass is 16.2. The summed E-state index contributed by atoms with van der Waals surface area (Å²) in [7, 11) is 1.83. The number of carbonyl (C=O) groups is 3. The summed E-state index contributed by atoms with van der Waals surface area (Å²) in [6.07, 6.45) is 4.01. The van der Waals surface area contributed by atoms with Gasteiger partial charge in [0.15, 0.2) is 0 Å². The van der Waals surface area contributed by atoms with Crippen molar-refractivity contribution in [2.75, 3.05) is 24.2 Å². The van der Waals surface area contributed by atoms with Gasteiger partial charge in [0.1, 0.15) is 5.82 Å². The molecule has 146 valence electrons. The van der Waals surface area contributed by atoms with Crippen LogP contribution in [0.15, 0.2) is 42.6 Å². The lowest BCUT2D eigenvalue weighted by molar-refractivity contribution is -0.145. The van der Waals surface area contributed by atoms with Crippen molar-refractivity contribution in [3.8, 4) is 0 Å². The zero-order valence-electron chi connectivity index (χ0n) is 15.6. The molecule has 4 N–H and O–H groups in total. The van der Waals surface area contributed by atoms with E-state index in [4.69, 9.17) is 5.73 Å². The van der Waals surface area contributed by atoms with E-state index >= 15 is 0 Å². The third kappa shape index (κ3) is 4.11. The fourth-order valence-electron chi connectivity index (χ4n) is 3.42. The maximum Gasteiger partial charge on any atom is 0.315 e. The van der Waals surface area contributed by atoms with Gasteiger partial charge in [0.25, 0.3) is 5.91 Å². The number of primary amides is 1. The molecule has 1 aliphatic rings. The maximum absolute atomic E-state index is 12.9. The van der Waals surface area contributed by atoms with Crippen LogP contribution >= 0.6 is 0 Å². The number of benzene rings is 1.